The van der Waals surface area contributed by atoms with E-state index in [1.165, 1.54) is 37.1 Å². The van der Waals surface area contributed by atoms with Crippen molar-refractivity contribution in [2.24, 2.45) is 28.3 Å². The predicted molar refractivity (Wildman–Crippen MR) is 130 cm³/mol. The topological polar surface area (TPSA) is 72.4 Å². The molecule has 0 aromatic carbocycles. The van der Waals surface area contributed by atoms with Crippen LogP contribution in [0.25, 0.3) is 0 Å². The molecule has 0 spiro atoms. The Morgan fingerprint density at radius 1 is 1.06 bits per heavy atom. The number of azo groups is 1. The maximum atomic E-state index is 4.57. The van der Waals surface area contributed by atoms with E-state index in [0.29, 0.717) is 5.84 Å². The summed E-state index contributed by atoms with van der Waals surface area (Å²) < 4.78 is 1.99. The normalized spacial score (nSPS) is 17.2. The molecule has 0 bridgehead atoms. The van der Waals surface area contributed by atoms with Crippen molar-refractivity contribution in [2.75, 3.05) is 41.4 Å². The molecule has 4 rings (SSSR count). The standard InChI is InChI=1S/C24H34N8/c1-18(2)23(27-26-22-17-20(10-16-30(22)4)31-12-5-6-13-31)28-29-24-19(3)21(9-11-25-24)32-14-7-8-15-32/h9-11,16-18H,5-8,12-15H2,1-4H3/p+1. The van der Waals surface area contributed by atoms with Crippen LogP contribution in [0.3, 0.4) is 0 Å². The number of nitrogens with one attached hydrogen (secondary N) is 1. The molecule has 1 N–H and O–H groups in total. The zero-order valence-electron chi connectivity index (χ0n) is 19.8. The van der Waals surface area contributed by atoms with Crippen LogP contribution in [-0.2, 0) is 7.05 Å². The molecule has 0 atom stereocenters. The Balaban J connectivity index is 1.53. The summed E-state index contributed by atoms with van der Waals surface area (Å²) in [5.41, 5.74) is 6.69. The van der Waals surface area contributed by atoms with E-state index < -0.39 is 0 Å². The van der Waals surface area contributed by atoms with Gasteiger partial charge in [-0.3, -0.25) is 5.43 Å². The first-order valence-corrected chi connectivity index (χ1v) is 11.7. The van der Waals surface area contributed by atoms with Crippen molar-refractivity contribution in [3.05, 3.63) is 36.2 Å². The fourth-order valence-corrected chi connectivity index (χ4v) is 4.24. The van der Waals surface area contributed by atoms with Crippen molar-refractivity contribution >= 4 is 28.8 Å². The maximum absolute atomic E-state index is 4.57. The first-order valence-electron chi connectivity index (χ1n) is 11.7. The van der Waals surface area contributed by atoms with E-state index >= 15 is 0 Å². The van der Waals surface area contributed by atoms with Gasteiger partial charge in [0.15, 0.2) is 11.7 Å². The molecule has 0 aliphatic carbocycles. The monoisotopic (exact) mass is 435 g/mol. The average molecular weight is 436 g/mol. The van der Waals surface area contributed by atoms with Gasteiger partial charge < -0.3 is 9.80 Å². The number of rotatable bonds is 6. The number of hydrazone groups is 1. The maximum Gasteiger partial charge on any atom is 0.352 e. The number of amidine groups is 1. The minimum Gasteiger partial charge on any atom is -0.371 e. The van der Waals surface area contributed by atoms with Gasteiger partial charge in [0.25, 0.3) is 0 Å². The van der Waals surface area contributed by atoms with Crippen molar-refractivity contribution in [2.45, 2.75) is 46.5 Å². The van der Waals surface area contributed by atoms with Gasteiger partial charge in [0, 0.05) is 61.3 Å². The second-order valence-electron chi connectivity index (χ2n) is 8.98. The third-order valence-corrected chi connectivity index (χ3v) is 6.25. The number of aromatic nitrogens is 2. The number of aryl methyl sites for hydroxylation is 1. The number of pyridine rings is 2. The van der Waals surface area contributed by atoms with E-state index in [9.17, 15) is 0 Å². The SMILES string of the molecule is Cc1c(N2CCCC2)ccnc1NN=C(N=Nc1cc(N2CCCC2)cc[n+]1C)C(C)C. The first-order chi connectivity index (χ1) is 15.5. The lowest BCUT2D eigenvalue weighted by atomic mass is 10.2. The van der Waals surface area contributed by atoms with E-state index in [-0.39, 0.29) is 5.92 Å². The molecule has 0 unspecified atom stereocenters. The highest BCUT2D eigenvalue weighted by Gasteiger charge is 2.18. The molecule has 2 aromatic heterocycles. The molecule has 2 aliphatic heterocycles. The van der Waals surface area contributed by atoms with Gasteiger partial charge in [-0.25, -0.2) is 9.55 Å². The van der Waals surface area contributed by atoms with Crippen LogP contribution in [0.1, 0.15) is 45.1 Å². The molecule has 4 heterocycles. The molecule has 170 valence electrons. The zero-order valence-corrected chi connectivity index (χ0v) is 19.8. The van der Waals surface area contributed by atoms with E-state index in [1.807, 2.05) is 24.0 Å². The molecule has 32 heavy (non-hydrogen) atoms. The second kappa shape index (κ2) is 10.1. The summed E-state index contributed by atoms with van der Waals surface area (Å²) in [6, 6.07) is 6.34. The van der Waals surface area contributed by atoms with Gasteiger partial charge in [-0.15, -0.1) is 0 Å². The van der Waals surface area contributed by atoms with E-state index in [2.05, 4.69) is 74.5 Å². The molecule has 2 aliphatic rings. The van der Waals surface area contributed by atoms with Gasteiger partial charge in [-0.2, -0.15) is 5.10 Å². The summed E-state index contributed by atoms with van der Waals surface area (Å²) in [6.07, 6.45) is 8.89. The fourth-order valence-electron chi connectivity index (χ4n) is 4.24. The lowest BCUT2D eigenvalue weighted by Crippen LogP contribution is -2.29. The van der Waals surface area contributed by atoms with Crippen molar-refractivity contribution < 1.29 is 4.57 Å². The van der Waals surface area contributed by atoms with Crippen molar-refractivity contribution in [3.63, 3.8) is 0 Å². The van der Waals surface area contributed by atoms with Crippen LogP contribution in [0.5, 0.6) is 0 Å². The Labute approximate surface area is 191 Å². The molecular weight excluding hydrogens is 400 g/mol. The van der Waals surface area contributed by atoms with Crippen molar-refractivity contribution in [1.82, 2.24) is 4.98 Å². The summed E-state index contributed by atoms with van der Waals surface area (Å²) in [7, 11) is 1.99. The number of hydrogen-bond acceptors (Lipinski definition) is 6. The quantitative estimate of drug-likeness (QED) is 0.237. The molecule has 8 heteroatoms. The Morgan fingerprint density at radius 2 is 1.75 bits per heavy atom. The summed E-state index contributed by atoms with van der Waals surface area (Å²) >= 11 is 0. The lowest BCUT2D eigenvalue weighted by Gasteiger charge is -2.21. The highest BCUT2D eigenvalue weighted by atomic mass is 15.4. The Hall–Kier alpha value is -3.03. The number of anilines is 3. The molecule has 2 saturated heterocycles. The molecule has 2 aromatic rings. The zero-order chi connectivity index (χ0) is 22.5. The Kier molecular flexibility index (Phi) is 6.97. The van der Waals surface area contributed by atoms with Crippen LogP contribution < -0.4 is 19.8 Å². The first kappa shape index (κ1) is 22.2. The fraction of sp³-hybridized carbons (Fsp3) is 0.542. The van der Waals surface area contributed by atoms with Crippen molar-refractivity contribution in [3.8, 4) is 0 Å². The van der Waals surface area contributed by atoms with Gasteiger partial charge in [0.2, 0.25) is 0 Å². The van der Waals surface area contributed by atoms with E-state index in [1.54, 1.807) is 0 Å². The summed E-state index contributed by atoms with van der Waals surface area (Å²) in [6.45, 7) is 10.7. The minimum absolute atomic E-state index is 0.125. The van der Waals surface area contributed by atoms with Gasteiger partial charge in [0.05, 0.1) is 24.4 Å². The average Bonchev–Trinajstić information content (AvgIpc) is 3.50. The summed E-state index contributed by atoms with van der Waals surface area (Å²) in [5.74, 6) is 2.35. The molecule has 8 nitrogen and oxygen atoms in total. The smallest absolute Gasteiger partial charge is 0.352 e. The van der Waals surface area contributed by atoms with Crippen LogP contribution in [0.4, 0.5) is 23.0 Å². The Bertz CT molecular complexity index is 985. The number of hydrogen-bond donors (Lipinski definition) is 1. The van der Waals surface area contributed by atoms with Gasteiger partial charge in [0.1, 0.15) is 0 Å². The van der Waals surface area contributed by atoms with E-state index in [0.717, 1.165) is 43.4 Å². The predicted octanol–water partition coefficient (Wildman–Crippen LogP) is 4.58. The van der Waals surface area contributed by atoms with Gasteiger partial charge >= 0.3 is 5.82 Å². The summed E-state index contributed by atoms with van der Waals surface area (Å²) in [4.78, 5) is 9.32. The minimum atomic E-state index is 0.125. The Morgan fingerprint density at radius 3 is 2.44 bits per heavy atom. The molecular formula is C24H35N8+. The van der Waals surface area contributed by atoms with Gasteiger partial charge in [-0.1, -0.05) is 13.8 Å². The second-order valence-corrected chi connectivity index (χ2v) is 8.98. The van der Waals surface area contributed by atoms with Crippen LogP contribution in [0.15, 0.2) is 45.9 Å². The van der Waals surface area contributed by atoms with E-state index in [4.69, 9.17) is 0 Å². The molecule has 0 amide bonds. The third-order valence-electron chi connectivity index (χ3n) is 6.25. The third kappa shape index (κ3) is 5.06. The highest BCUT2D eigenvalue weighted by molar-refractivity contribution is 5.85. The molecule has 2 fully saturated rings. The van der Waals surface area contributed by atoms with Crippen LogP contribution in [0.2, 0.25) is 0 Å². The summed E-state index contributed by atoms with van der Waals surface area (Å²) in [5, 5.41) is 13.6. The highest BCUT2D eigenvalue weighted by Crippen LogP contribution is 2.28. The van der Waals surface area contributed by atoms with Gasteiger partial charge in [-0.05, 0) is 43.8 Å². The molecule has 0 radical (unpaired) electrons. The van der Waals surface area contributed by atoms with Crippen LogP contribution >= 0.6 is 0 Å². The number of nitrogens with zero attached hydrogens (tertiary/aromatic N) is 7. The largest absolute Gasteiger partial charge is 0.371 e. The van der Waals surface area contributed by atoms with Crippen LogP contribution in [0, 0.1) is 12.8 Å². The van der Waals surface area contributed by atoms with Crippen molar-refractivity contribution in [1.29, 1.82) is 0 Å². The lowest BCUT2D eigenvalue weighted by molar-refractivity contribution is -0.658. The van der Waals surface area contributed by atoms with Crippen LogP contribution in [-0.4, -0.2) is 37.0 Å². The molecule has 0 saturated carbocycles.